The van der Waals surface area contributed by atoms with Gasteiger partial charge in [0.25, 0.3) is 0 Å². The number of thioether (sulfide) groups is 1. The zero-order valence-corrected chi connectivity index (χ0v) is 13.9. The van der Waals surface area contributed by atoms with Crippen LogP contribution in [0.2, 0.25) is 0 Å². The van der Waals surface area contributed by atoms with Gasteiger partial charge in [-0.25, -0.2) is 0 Å². The van der Waals surface area contributed by atoms with Gasteiger partial charge in [-0.05, 0) is 58.2 Å². The van der Waals surface area contributed by atoms with Crippen molar-refractivity contribution in [3.63, 3.8) is 0 Å². The first-order valence-corrected chi connectivity index (χ1v) is 8.12. The summed E-state index contributed by atoms with van der Waals surface area (Å²) >= 11 is 1.90. The molecule has 0 N–H and O–H groups in total. The van der Waals surface area contributed by atoms with Crippen LogP contribution in [0.1, 0.15) is 40.9 Å². The average molecular weight is 287 g/mol. The summed E-state index contributed by atoms with van der Waals surface area (Å²) in [6, 6.07) is 0.441. The molecule has 1 aliphatic heterocycles. The molecule has 20 heavy (non-hydrogen) atoms. The Hall–Kier alpha value is -1.22. The molecule has 2 nitrogen and oxygen atoms in total. The maximum atomic E-state index is 12.8. The summed E-state index contributed by atoms with van der Waals surface area (Å²) in [6.07, 6.45) is 0. The minimum absolute atomic E-state index is 0.213. The Balaban J connectivity index is 2.71. The van der Waals surface area contributed by atoms with Crippen molar-refractivity contribution in [3.05, 3.63) is 38.2 Å². The molecule has 0 saturated heterocycles. The van der Waals surface area contributed by atoms with E-state index in [1.807, 2.05) is 18.7 Å². The first-order valence-electron chi connectivity index (χ1n) is 7.14. The molecule has 1 aliphatic rings. The van der Waals surface area contributed by atoms with E-state index in [0.29, 0.717) is 6.04 Å². The van der Waals surface area contributed by atoms with Gasteiger partial charge in [-0.1, -0.05) is 0 Å². The van der Waals surface area contributed by atoms with Crippen molar-refractivity contribution in [2.24, 2.45) is 0 Å². The average Bonchev–Trinajstić information content (AvgIpc) is 2.42. The third kappa shape index (κ3) is 1.56. The quantitative estimate of drug-likeness (QED) is 0.724. The molecule has 0 radical (unpaired) electrons. The number of aromatic nitrogens is 1. The molecule has 1 atom stereocenters. The lowest BCUT2D eigenvalue weighted by Gasteiger charge is -2.31. The topological polar surface area (TPSA) is 22.0 Å². The van der Waals surface area contributed by atoms with Gasteiger partial charge in [-0.15, -0.1) is 11.8 Å². The van der Waals surface area contributed by atoms with Crippen LogP contribution in [0.5, 0.6) is 0 Å². The second-order valence-corrected chi connectivity index (χ2v) is 7.03. The SMILES string of the molecule is Cc1c(C)c2c3c(c1C)c(=O)c(C)c(C)n3C(C)CS2. The fourth-order valence-electron chi connectivity index (χ4n) is 3.32. The van der Waals surface area contributed by atoms with E-state index in [4.69, 9.17) is 0 Å². The third-order valence-corrected chi connectivity index (χ3v) is 6.35. The molecule has 1 aromatic carbocycles. The Bertz CT molecular complexity index is 801. The van der Waals surface area contributed by atoms with Crippen LogP contribution >= 0.6 is 11.8 Å². The number of nitrogens with zero attached hydrogens (tertiary/aromatic N) is 1. The second-order valence-electron chi connectivity index (χ2n) is 6.00. The van der Waals surface area contributed by atoms with Crippen LogP contribution in [0.3, 0.4) is 0 Å². The van der Waals surface area contributed by atoms with E-state index < -0.39 is 0 Å². The van der Waals surface area contributed by atoms with Gasteiger partial charge in [0.1, 0.15) is 0 Å². The smallest absolute Gasteiger partial charge is 0.192 e. The van der Waals surface area contributed by atoms with E-state index >= 15 is 0 Å². The van der Waals surface area contributed by atoms with Gasteiger partial charge in [-0.3, -0.25) is 4.79 Å². The summed E-state index contributed by atoms with van der Waals surface area (Å²) in [6.45, 7) is 12.7. The molecular formula is C17H21NOS. The zero-order valence-electron chi connectivity index (χ0n) is 13.0. The molecule has 1 unspecified atom stereocenters. The number of benzene rings is 1. The molecule has 106 valence electrons. The minimum Gasteiger partial charge on any atom is -0.340 e. The van der Waals surface area contributed by atoms with Gasteiger partial charge < -0.3 is 4.57 Å². The van der Waals surface area contributed by atoms with Crippen LogP contribution in [-0.4, -0.2) is 10.3 Å². The van der Waals surface area contributed by atoms with E-state index in [0.717, 1.165) is 28.0 Å². The van der Waals surface area contributed by atoms with Crippen LogP contribution in [0.25, 0.3) is 10.9 Å². The monoisotopic (exact) mass is 287 g/mol. The van der Waals surface area contributed by atoms with Crippen LogP contribution < -0.4 is 5.43 Å². The van der Waals surface area contributed by atoms with Crippen LogP contribution in [0, 0.1) is 34.6 Å². The number of aryl methyl sites for hydroxylation is 1. The van der Waals surface area contributed by atoms with Gasteiger partial charge in [-0.2, -0.15) is 0 Å². The predicted molar refractivity (Wildman–Crippen MR) is 87.3 cm³/mol. The Morgan fingerprint density at radius 3 is 2.30 bits per heavy atom. The minimum atomic E-state index is 0.213. The van der Waals surface area contributed by atoms with E-state index in [1.165, 1.54) is 21.5 Å². The third-order valence-electron chi connectivity index (χ3n) is 4.91. The summed E-state index contributed by atoms with van der Waals surface area (Å²) < 4.78 is 2.39. The number of rotatable bonds is 0. The lowest BCUT2D eigenvalue weighted by molar-refractivity contribution is 0.597. The predicted octanol–water partition coefficient (Wildman–Crippen LogP) is 4.21. The largest absolute Gasteiger partial charge is 0.340 e. The highest BCUT2D eigenvalue weighted by atomic mass is 32.2. The fourth-order valence-corrected chi connectivity index (χ4v) is 4.59. The van der Waals surface area contributed by atoms with Crippen molar-refractivity contribution >= 4 is 22.7 Å². The molecular weight excluding hydrogens is 266 g/mol. The number of hydrogen-bond acceptors (Lipinski definition) is 2. The molecule has 0 spiro atoms. The first kappa shape index (κ1) is 13.7. The normalized spacial score (nSPS) is 17.8. The Kier molecular flexibility index (Phi) is 3.02. The van der Waals surface area contributed by atoms with Gasteiger partial charge in [0.2, 0.25) is 0 Å². The van der Waals surface area contributed by atoms with Crippen molar-refractivity contribution in [3.8, 4) is 0 Å². The lowest BCUT2D eigenvalue weighted by Crippen LogP contribution is -2.24. The van der Waals surface area contributed by atoms with Crippen molar-refractivity contribution in [2.75, 3.05) is 5.75 Å². The molecule has 0 aliphatic carbocycles. The summed E-state index contributed by atoms with van der Waals surface area (Å²) in [5.74, 6) is 1.08. The van der Waals surface area contributed by atoms with E-state index in [-0.39, 0.29) is 5.43 Å². The van der Waals surface area contributed by atoms with E-state index in [1.54, 1.807) is 0 Å². The van der Waals surface area contributed by atoms with Crippen LogP contribution in [0.4, 0.5) is 0 Å². The Morgan fingerprint density at radius 1 is 1.00 bits per heavy atom. The molecule has 3 rings (SSSR count). The Morgan fingerprint density at radius 2 is 1.65 bits per heavy atom. The van der Waals surface area contributed by atoms with Crippen molar-refractivity contribution in [1.29, 1.82) is 0 Å². The van der Waals surface area contributed by atoms with Crippen molar-refractivity contribution < 1.29 is 0 Å². The van der Waals surface area contributed by atoms with Gasteiger partial charge in [0.05, 0.1) is 10.9 Å². The van der Waals surface area contributed by atoms with Gasteiger partial charge >= 0.3 is 0 Å². The molecule has 0 saturated carbocycles. The highest BCUT2D eigenvalue weighted by Gasteiger charge is 2.26. The summed E-state index contributed by atoms with van der Waals surface area (Å²) in [5, 5.41) is 0.935. The first-order chi connectivity index (χ1) is 9.36. The highest BCUT2D eigenvalue weighted by Crippen LogP contribution is 2.41. The number of pyridine rings is 1. The maximum absolute atomic E-state index is 12.8. The maximum Gasteiger partial charge on any atom is 0.192 e. The Labute approximate surface area is 124 Å². The molecule has 0 bridgehead atoms. The molecule has 0 amide bonds. The van der Waals surface area contributed by atoms with Crippen molar-refractivity contribution in [2.45, 2.75) is 52.5 Å². The van der Waals surface area contributed by atoms with Crippen molar-refractivity contribution in [1.82, 2.24) is 4.57 Å². The fraction of sp³-hybridized carbons (Fsp3) is 0.471. The standard InChI is InChI=1S/C17H21NOS/c1-8-7-20-17-11(4)9(2)10(3)14-15(17)18(8)13(6)12(5)16(14)19/h8H,7H2,1-6H3. The second kappa shape index (κ2) is 4.39. The van der Waals surface area contributed by atoms with Gasteiger partial charge in [0, 0.05) is 27.9 Å². The molecule has 2 aromatic rings. The molecule has 0 fully saturated rings. The zero-order chi connectivity index (χ0) is 14.8. The highest BCUT2D eigenvalue weighted by molar-refractivity contribution is 7.99. The van der Waals surface area contributed by atoms with Gasteiger partial charge in [0.15, 0.2) is 5.43 Å². The van der Waals surface area contributed by atoms with Crippen LogP contribution in [0.15, 0.2) is 9.69 Å². The lowest BCUT2D eigenvalue weighted by atomic mass is 9.96. The molecule has 3 heteroatoms. The van der Waals surface area contributed by atoms with E-state index in [9.17, 15) is 4.79 Å². The van der Waals surface area contributed by atoms with E-state index in [2.05, 4.69) is 39.2 Å². The molecule has 2 heterocycles. The summed E-state index contributed by atoms with van der Waals surface area (Å²) in [7, 11) is 0. The summed E-state index contributed by atoms with van der Waals surface area (Å²) in [4.78, 5) is 14.1. The molecule has 1 aromatic heterocycles. The number of hydrogen-bond donors (Lipinski definition) is 0. The summed E-state index contributed by atoms with van der Waals surface area (Å²) in [5.41, 5.74) is 7.16. The van der Waals surface area contributed by atoms with Crippen LogP contribution in [-0.2, 0) is 0 Å².